The Morgan fingerprint density at radius 2 is 1.86 bits per heavy atom. The Balaban J connectivity index is 1.87. The van der Waals surface area contributed by atoms with Gasteiger partial charge in [0.05, 0.1) is 11.4 Å². The molecule has 0 unspecified atom stereocenters. The van der Waals surface area contributed by atoms with Crippen molar-refractivity contribution in [2.24, 2.45) is 0 Å². The molecular formula is C14H19BrN2O3S. The fourth-order valence-electron chi connectivity index (χ4n) is 2.27. The Morgan fingerprint density at radius 1 is 1.19 bits per heavy atom. The lowest BCUT2D eigenvalue weighted by Gasteiger charge is -2.25. The molecule has 5 nitrogen and oxygen atoms in total. The molecule has 0 aliphatic carbocycles. The van der Waals surface area contributed by atoms with E-state index in [2.05, 4.69) is 21.2 Å². The highest BCUT2D eigenvalue weighted by Crippen LogP contribution is 2.21. The van der Waals surface area contributed by atoms with Crippen LogP contribution in [0.25, 0.3) is 0 Å². The average Bonchev–Trinajstić information content (AvgIpc) is 2.49. The van der Waals surface area contributed by atoms with Crippen LogP contribution in [-0.2, 0) is 14.8 Å². The van der Waals surface area contributed by atoms with E-state index in [4.69, 9.17) is 0 Å². The Hall–Kier alpha value is -0.920. The molecule has 1 heterocycles. The SMILES string of the molecule is O=C(CCS(=O)(=O)N1CCCCC1)Nc1ccccc1Br. The van der Waals surface area contributed by atoms with Crippen LogP contribution >= 0.6 is 15.9 Å². The molecule has 1 N–H and O–H groups in total. The molecule has 1 amide bonds. The Labute approximate surface area is 133 Å². The van der Waals surface area contributed by atoms with E-state index >= 15 is 0 Å². The van der Waals surface area contributed by atoms with Crippen LogP contribution in [0.1, 0.15) is 25.7 Å². The van der Waals surface area contributed by atoms with Gasteiger partial charge in [0.2, 0.25) is 15.9 Å². The summed E-state index contributed by atoms with van der Waals surface area (Å²) in [5.74, 6) is -0.425. The van der Waals surface area contributed by atoms with E-state index < -0.39 is 10.0 Å². The van der Waals surface area contributed by atoms with E-state index in [0.717, 1.165) is 23.7 Å². The van der Waals surface area contributed by atoms with Gasteiger partial charge in [-0.15, -0.1) is 0 Å². The number of nitrogens with zero attached hydrogens (tertiary/aromatic N) is 1. The summed E-state index contributed by atoms with van der Waals surface area (Å²) in [6, 6.07) is 7.24. The molecule has 0 spiro atoms. The second kappa shape index (κ2) is 7.38. The number of para-hydroxylation sites is 1. The van der Waals surface area contributed by atoms with Gasteiger partial charge in [-0.2, -0.15) is 0 Å². The number of halogens is 1. The molecule has 116 valence electrons. The highest BCUT2D eigenvalue weighted by atomic mass is 79.9. The van der Waals surface area contributed by atoms with Gasteiger partial charge in [-0.3, -0.25) is 4.79 Å². The summed E-state index contributed by atoms with van der Waals surface area (Å²) in [5, 5.41) is 2.72. The second-order valence-electron chi connectivity index (χ2n) is 5.05. The predicted molar refractivity (Wildman–Crippen MR) is 86.6 cm³/mol. The van der Waals surface area contributed by atoms with Gasteiger partial charge in [-0.1, -0.05) is 18.6 Å². The lowest BCUT2D eigenvalue weighted by molar-refractivity contribution is -0.115. The van der Waals surface area contributed by atoms with Crippen LogP contribution in [0.4, 0.5) is 5.69 Å². The van der Waals surface area contributed by atoms with Gasteiger partial charge in [0.25, 0.3) is 0 Å². The molecule has 1 aliphatic rings. The maximum Gasteiger partial charge on any atom is 0.225 e. The van der Waals surface area contributed by atoms with Gasteiger partial charge in [0.1, 0.15) is 0 Å². The largest absolute Gasteiger partial charge is 0.325 e. The standard InChI is InChI=1S/C14H19BrN2O3S/c15-12-6-2-3-7-13(12)16-14(18)8-11-21(19,20)17-9-4-1-5-10-17/h2-3,6-7H,1,4-5,8-11H2,(H,16,18). The molecule has 0 atom stereocenters. The molecule has 2 rings (SSSR count). The average molecular weight is 375 g/mol. The minimum absolute atomic E-state index is 0.0276. The molecule has 7 heteroatoms. The fourth-order valence-corrected chi connectivity index (χ4v) is 4.17. The topological polar surface area (TPSA) is 66.5 Å². The lowest BCUT2D eigenvalue weighted by atomic mass is 10.2. The van der Waals surface area contributed by atoms with Crippen LogP contribution in [0, 0.1) is 0 Å². The molecule has 1 aromatic carbocycles. The molecule has 0 bridgehead atoms. The molecule has 1 fully saturated rings. The number of sulfonamides is 1. The van der Waals surface area contributed by atoms with Crippen molar-refractivity contribution in [1.82, 2.24) is 4.31 Å². The van der Waals surface area contributed by atoms with Gasteiger partial charge in [0.15, 0.2) is 0 Å². The fraction of sp³-hybridized carbons (Fsp3) is 0.500. The van der Waals surface area contributed by atoms with Crippen molar-refractivity contribution >= 4 is 37.5 Å². The van der Waals surface area contributed by atoms with Crippen LogP contribution < -0.4 is 5.32 Å². The van der Waals surface area contributed by atoms with Crippen LogP contribution in [-0.4, -0.2) is 37.5 Å². The number of nitrogens with one attached hydrogen (secondary N) is 1. The van der Waals surface area contributed by atoms with E-state index in [1.54, 1.807) is 6.07 Å². The molecular weight excluding hydrogens is 356 g/mol. The second-order valence-corrected chi connectivity index (χ2v) is 8.00. The first-order chi connectivity index (χ1) is 9.99. The minimum Gasteiger partial charge on any atom is -0.325 e. The zero-order valence-electron chi connectivity index (χ0n) is 11.7. The minimum atomic E-state index is -3.32. The van der Waals surface area contributed by atoms with Crippen LogP contribution in [0.3, 0.4) is 0 Å². The zero-order chi connectivity index (χ0) is 15.3. The Bertz CT molecular complexity index is 598. The normalized spacial score (nSPS) is 16.6. The molecule has 0 aromatic heterocycles. The zero-order valence-corrected chi connectivity index (χ0v) is 14.1. The summed E-state index contributed by atoms with van der Waals surface area (Å²) in [5.41, 5.74) is 0.651. The predicted octanol–water partition coefficient (Wildman–Crippen LogP) is 2.59. The summed E-state index contributed by atoms with van der Waals surface area (Å²) < 4.78 is 26.6. The van der Waals surface area contributed by atoms with Crippen molar-refractivity contribution in [3.8, 4) is 0 Å². The van der Waals surface area contributed by atoms with Gasteiger partial charge in [-0.05, 0) is 40.9 Å². The first-order valence-electron chi connectivity index (χ1n) is 7.01. The van der Waals surface area contributed by atoms with Gasteiger partial charge in [-0.25, -0.2) is 12.7 Å². The number of benzene rings is 1. The van der Waals surface area contributed by atoms with Crippen LogP contribution in [0.15, 0.2) is 28.7 Å². The number of carbonyl (C=O) groups is 1. The van der Waals surface area contributed by atoms with E-state index in [9.17, 15) is 13.2 Å². The van der Waals surface area contributed by atoms with Crippen molar-refractivity contribution in [3.05, 3.63) is 28.7 Å². The first-order valence-corrected chi connectivity index (χ1v) is 9.41. The first kappa shape index (κ1) is 16.5. The highest BCUT2D eigenvalue weighted by Gasteiger charge is 2.24. The maximum absolute atomic E-state index is 12.1. The quantitative estimate of drug-likeness (QED) is 0.860. The number of rotatable bonds is 5. The third kappa shape index (κ3) is 4.79. The van der Waals surface area contributed by atoms with Gasteiger partial charge >= 0.3 is 0 Å². The highest BCUT2D eigenvalue weighted by molar-refractivity contribution is 9.10. The lowest BCUT2D eigenvalue weighted by Crippen LogP contribution is -2.37. The molecule has 0 radical (unpaired) electrons. The van der Waals surface area contributed by atoms with E-state index in [1.165, 1.54) is 4.31 Å². The molecule has 1 saturated heterocycles. The number of piperidine rings is 1. The summed E-state index contributed by atoms with van der Waals surface area (Å²) in [4.78, 5) is 11.9. The third-order valence-electron chi connectivity index (χ3n) is 3.44. The van der Waals surface area contributed by atoms with Crippen LogP contribution in [0.2, 0.25) is 0 Å². The van der Waals surface area contributed by atoms with Gasteiger partial charge in [0, 0.05) is 24.0 Å². The van der Waals surface area contributed by atoms with E-state index in [-0.39, 0.29) is 18.1 Å². The molecule has 0 saturated carbocycles. The monoisotopic (exact) mass is 374 g/mol. The van der Waals surface area contributed by atoms with E-state index in [0.29, 0.717) is 18.8 Å². The number of anilines is 1. The van der Waals surface area contributed by atoms with E-state index in [1.807, 2.05) is 18.2 Å². The Kier molecular flexibility index (Phi) is 5.78. The summed E-state index contributed by atoms with van der Waals surface area (Å²) in [6.07, 6.45) is 2.86. The molecule has 1 aliphatic heterocycles. The van der Waals surface area contributed by atoms with Crippen LogP contribution in [0.5, 0.6) is 0 Å². The molecule has 21 heavy (non-hydrogen) atoms. The number of hydrogen-bond acceptors (Lipinski definition) is 3. The number of hydrogen-bond donors (Lipinski definition) is 1. The van der Waals surface area contributed by atoms with Crippen molar-refractivity contribution in [2.45, 2.75) is 25.7 Å². The summed E-state index contributed by atoms with van der Waals surface area (Å²) >= 11 is 3.34. The van der Waals surface area contributed by atoms with Crippen molar-refractivity contribution in [1.29, 1.82) is 0 Å². The van der Waals surface area contributed by atoms with Crippen molar-refractivity contribution < 1.29 is 13.2 Å². The number of amides is 1. The smallest absolute Gasteiger partial charge is 0.225 e. The maximum atomic E-state index is 12.1. The van der Waals surface area contributed by atoms with Crippen molar-refractivity contribution in [2.75, 3.05) is 24.2 Å². The summed E-state index contributed by atoms with van der Waals surface area (Å²) in [7, 11) is -3.32. The summed E-state index contributed by atoms with van der Waals surface area (Å²) in [6.45, 7) is 1.16. The van der Waals surface area contributed by atoms with Crippen molar-refractivity contribution in [3.63, 3.8) is 0 Å². The van der Waals surface area contributed by atoms with Gasteiger partial charge < -0.3 is 5.32 Å². The Morgan fingerprint density at radius 3 is 2.52 bits per heavy atom. The number of carbonyl (C=O) groups excluding carboxylic acids is 1. The molecule has 1 aromatic rings. The third-order valence-corrected chi connectivity index (χ3v) is 6.01.